The van der Waals surface area contributed by atoms with Gasteiger partial charge in [0.1, 0.15) is 17.3 Å². The van der Waals surface area contributed by atoms with Crippen LogP contribution >= 0.6 is 24.0 Å². The third kappa shape index (κ3) is 7.93. The molecule has 6 nitrogen and oxygen atoms in total. The van der Waals surface area contributed by atoms with Crippen molar-refractivity contribution in [3.05, 3.63) is 59.9 Å². The van der Waals surface area contributed by atoms with Crippen molar-refractivity contribution < 1.29 is 19.0 Å². The van der Waals surface area contributed by atoms with Crippen LogP contribution in [0.15, 0.2) is 53.5 Å². The zero-order valence-electron chi connectivity index (χ0n) is 17.8. The van der Waals surface area contributed by atoms with Crippen molar-refractivity contribution in [2.24, 2.45) is 10.4 Å². The van der Waals surface area contributed by atoms with Gasteiger partial charge >= 0.3 is 0 Å². The van der Waals surface area contributed by atoms with Gasteiger partial charge in [0.15, 0.2) is 5.96 Å². The quantitative estimate of drug-likeness (QED) is 0.253. The Bertz CT molecular complexity index is 810. The van der Waals surface area contributed by atoms with E-state index in [9.17, 15) is 9.50 Å². The molecule has 3 rings (SSSR count). The molecule has 1 aliphatic heterocycles. The second-order valence-electron chi connectivity index (χ2n) is 7.52. The number of aliphatic hydroxyl groups is 1. The summed E-state index contributed by atoms with van der Waals surface area (Å²) in [5, 5.41) is 16.0. The maximum atomic E-state index is 13.0. The molecule has 0 radical (unpaired) electrons. The Kier molecular flexibility index (Phi) is 10.5. The van der Waals surface area contributed by atoms with Crippen molar-refractivity contribution >= 4 is 29.9 Å². The highest BCUT2D eigenvalue weighted by Crippen LogP contribution is 2.31. The molecule has 1 fully saturated rings. The lowest BCUT2D eigenvalue weighted by molar-refractivity contribution is 0.127. The summed E-state index contributed by atoms with van der Waals surface area (Å²) in [7, 11) is 0. The summed E-state index contributed by atoms with van der Waals surface area (Å²) in [4.78, 5) is 4.67. The first-order valence-corrected chi connectivity index (χ1v) is 10.4. The summed E-state index contributed by atoms with van der Waals surface area (Å²) in [5.74, 6) is 1.73. The lowest BCUT2D eigenvalue weighted by atomic mass is 9.84. The molecule has 2 aromatic carbocycles. The number of guanidine groups is 1. The molecule has 1 saturated heterocycles. The molecule has 2 aromatic rings. The van der Waals surface area contributed by atoms with Gasteiger partial charge in [-0.05, 0) is 61.7 Å². The van der Waals surface area contributed by atoms with Gasteiger partial charge in [0.05, 0.1) is 13.2 Å². The van der Waals surface area contributed by atoms with E-state index in [0.717, 1.165) is 37.5 Å². The maximum Gasteiger partial charge on any atom is 0.191 e. The third-order valence-corrected chi connectivity index (χ3v) is 5.19. The molecule has 3 N–H and O–H groups in total. The van der Waals surface area contributed by atoms with Crippen LogP contribution in [0.4, 0.5) is 4.39 Å². The Morgan fingerprint density at radius 1 is 1.13 bits per heavy atom. The van der Waals surface area contributed by atoms with Gasteiger partial charge in [-0.1, -0.05) is 12.1 Å². The van der Waals surface area contributed by atoms with Crippen LogP contribution in [0, 0.1) is 11.2 Å². The number of halogens is 2. The number of nitrogens with zero attached hydrogens (tertiary/aromatic N) is 1. The van der Waals surface area contributed by atoms with E-state index in [1.165, 1.54) is 12.1 Å². The molecule has 0 spiro atoms. The van der Waals surface area contributed by atoms with Crippen LogP contribution in [0.2, 0.25) is 0 Å². The van der Waals surface area contributed by atoms with E-state index in [-0.39, 0.29) is 41.8 Å². The minimum atomic E-state index is -0.289. The molecule has 31 heavy (non-hydrogen) atoms. The van der Waals surface area contributed by atoms with E-state index in [1.54, 1.807) is 12.1 Å². The summed E-state index contributed by atoms with van der Waals surface area (Å²) >= 11 is 0. The summed E-state index contributed by atoms with van der Waals surface area (Å²) in [6, 6.07) is 13.6. The lowest BCUT2D eigenvalue weighted by Crippen LogP contribution is -2.44. The summed E-state index contributed by atoms with van der Waals surface area (Å²) < 4.78 is 24.3. The van der Waals surface area contributed by atoms with Crippen LogP contribution in [0.3, 0.4) is 0 Å². The van der Waals surface area contributed by atoms with Crippen molar-refractivity contribution in [1.29, 1.82) is 0 Å². The van der Waals surface area contributed by atoms with E-state index in [1.807, 2.05) is 31.2 Å². The number of ether oxygens (including phenoxy) is 2. The highest BCUT2D eigenvalue weighted by Gasteiger charge is 2.34. The summed E-state index contributed by atoms with van der Waals surface area (Å²) in [5.41, 5.74) is 1.01. The average Bonchev–Trinajstić information content (AvgIpc) is 3.22. The van der Waals surface area contributed by atoms with Crippen molar-refractivity contribution in [3.63, 3.8) is 0 Å². The van der Waals surface area contributed by atoms with Gasteiger partial charge in [0.25, 0.3) is 0 Å². The van der Waals surface area contributed by atoms with Crippen LogP contribution in [0.25, 0.3) is 0 Å². The van der Waals surface area contributed by atoms with Crippen LogP contribution in [-0.2, 0) is 11.3 Å². The lowest BCUT2D eigenvalue weighted by Gasteiger charge is -2.27. The minimum Gasteiger partial charge on any atom is -0.457 e. The first-order valence-electron chi connectivity index (χ1n) is 10.4. The van der Waals surface area contributed by atoms with Crippen LogP contribution in [0.5, 0.6) is 11.5 Å². The Labute approximate surface area is 200 Å². The van der Waals surface area contributed by atoms with Gasteiger partial charge < -0.3 is 25.2 Å². The number of aliphatic hydroxyl groups excluding tert-OH is 1. The first-order chi connectivity index (χ1) is 14.6. The zero-order chi connectivity index (χ0) is 21.2. The zero-order valence-corrected chi connectivity index (χ0v) is 20.1. The molecule has 1 aliphatic rings. The number of nitrogens with one attached hydrogen (secondary N) is 2. The van der Waals surface area contributed by atoms with Crippen molar-refractivity contribution in [3.8, 4) is 11.5 Å². The Morgan fingerprint density at radius 2 is 1.81 bits per heavy atom. The molecule has 170 valence electrons. The van der Waals surface area contributed by atoms with Gasteiger partial charge in [-0.25, -0.2) is 9.38 Å². The molecule has 0 saturated carbocycles. The molecule has 0 amide bonds. The SMILES string of the molecule is CCNC(=NCc1ccc(Oc2ccc(F)cc2)cc1)NCC1(CCO)CCOC1.I. The molecule has 1 heterocycles. The Morgan fingerprint density at radius 3 is 2.39 bits per heavy atom. The number of rotatable bonds is 9. The number of hydrogen-bond donors (Lipinski definition) is 3. The molecule has 1 unspecified atom stereocenters. The third-order valence-electron chi connectivity index (χ3n) is 5.19. The number of hydrogen-bond acceptors (Lipinski definition) is 4. The molecule has 0 bridgehead atoms. The van der Waals surface area contributed by atoms with Crippen LogP contribution < -0.4 is 15.4 Å². The average molecular weight is 543 g/mol. The second kappa shape index (κ2) is 12.8. The standard InChI is InChI=1S/C23H30FN3O3.HI/c1-2-25-22(27-16-23(11-13-28)12-14-29-17-23)26-15-18-3-7-20(8-4-18)30-21-9-5-19(24)6-10-21;/h3-10,28H,2,11-17H2,1H3,(H2,25,26,27);1H. The van der Waals surface area contributed by atoms with Gasteiger partial charge in [0.2, 0.25) is 0 Å². The smallest absolute Gasteiger partial charge is 0.191 e. The Hall–Kier alpha value is -1.91. The van der Waals surface area contributed by atoms with Gasteiger partial charge in [-0.3, -0.25) is 0 Å². The fourth-order valence-electron chi connectivity index (χ4n) is 3.40. The summed E-state index contributed by atoms with van der Waals surface area (Å²) in [6.45, 7) is 5.59. The molecular weight excluding hydrogens is 512 g/mol. The first kappa shape index (κ1) is 25.4. The number of aliphatic imine (C=N–C) groups is 1. The van der Waals surface area contributed by atoms with Gasteiger partial charge in [-0.15, -0.1) is 24.0 Å². The van der Waals surface area contributed by atoms with E-state index in [4.69, 9.17) is 9.47 Å². The second-order valence-corrected chi connectivity index (χ2v) is 7.52. The fourth-order valence-corrected chi connectivity index (χ4v) is 3.40. The van der Waals surface area contributed by atoms with Crippen molar-refractivity contribution in [2.75, 3.05) is 32.9 Å². The van der Waals surface area contributed by atoms with E-state index in [0.29, 0.717) is 31.2 Å². The topological polar surface area (TPSA) is 75.1 Å². The van der Waals surface area contributed by atoms with Crippen LogP contribution in [0.1, 0.15) is 25.3 Å². The van der Waals surface area contributed by atoms with E-state index < -0.39 is 0 Å². The highest BCUT2D eigenvalue weighted by molar-refractivity contribution is 14.0. The van der Waals surface area contributed by atoms with E-state index in [2.05, 4.69) is 15.6 Å². The predicted molar refractivity (Wildman–Crippen MR) is 131 cm³/mol. The predicted octanol–water partition coefficient (Wildman–Crippen LogP) is 4.08. The Balaban J connectivity index is 0.00000341. The maximum absolute atomic E-state index is 13.0. The van der Waals surface area contributed by atoms with E-state index >= 15 is 0 Å². The molecule has 0 aliphatic carbocycles. The van der Waals surface area contributed by atoms with Gasteiger partial charge in [0, 0.05) is 31.7 Å². The van der Waals surface area contributed by atoms with Crippen molar-refractivity contribution in [2.45, 2.75) is 26.3 Å². The summed E-state index contributed by atoms with van der Waals surface area (Å²) in [6.07, 6.45) is 1.66. The largest absolute Gasteiger partial charge is 0.457 e. The monoisotopic (exact) mass is 543 g/mol. The highest BCUT2D eigenvalue weighted by atomic mass is 127. The van der Waals surface area contributed by atoms with Crippen molar-refractivity contribution in [1.82, 2.24) is 10.6 Å². The minimum absolute atomic E-state index is 0. The van der Waals surface area contributed by atoms with Gasteiger partial charge in [-0.2, -0.15) is 0 Å². The molecule has 8 heteroatoms. The normalized spacial score (nSPS) is 18.4. The molecule has 0 aromatic heterocycles. The fraction of sp³-hybridized carbons (Fsp3) is 0.435. The van der Waals surface area contributed by atoms with Crippen LogP contribution in [-0.4, -0.2) is 44.0 Å². The number of benzene rings is 2. The molecule has 1 atom stereocenters. The molecular formula is C23H31FIN3O3.